The summed E-state index contributed by atoms with van der Waals surface area (Å²) in [4.78, 5) is 26.1. The predicted octanol–water partition coefficient (Wildman–Crippen LogP) is 1.45. The topological polar surface area (TPSA) is 66.8 Å². The van der Waals surface area contributed by atoms with E-state index in [1.54, 1.807) is 18.7 Å². The maximum Gasteiger partial charge on any atom is 0.307 e. The van der Waals surface area contributed by atoms with Gasteiger partial charge in [-0.25, -0.2) is 0 Å². The van der Waals surface area contributed by atoms with Crippen molar-refractivity contribution >= 4 is 23.2 Å². The van der Waals surface area contributed by atoms with E-state index in [2.05, 4.69) is 4.74 Å². The highest BCUT2D eigenvalue weighted by Crippen LogP contribution is 2.18. The van der Waals surface area contributed by atoms with Gasteiger partial charge in [0.15, 0.2) is 0 Å². The Hall–Kier alpha value is -1.40. The van der Waals surface area contributed by atoms with Gasteiger partial charge in [-0.2, -0.15) is 0 Å². The standard InChI is InChI=1S/C14H21NO4S/c1-14(2,10-16)15(7-6-13(18)19-3)12(17)9-11-5-4-8-20-11/h4-5,8,16H,6-7,9-10H2,1-3H3. The summed E-state index contributed by atoms with van der Waals surface area (Å²) in [7, 11) is 1.32. The van der Waals surface area contributed by atoms with Gasteiger partial charge < -0.3 is 14.7 Å². The summed E-state index contributed by atoms with van der Waals surface area (Å²) in [6.07, 6.45) is 0.401. The molecule has 1 N–H and O–H groups in total. The van der Waals surface area contributed by atoms with Gasteiger partial charge in [0.2, 0.25) is 5.91 Å². The van der Waals surface area contributed by atoms with Crippen LogP contribution >= 0.6 is 11.3 Å². The molecule has 1 aromatic rings. The second-order valence-corrected chi connectivity index (χ2v) is 6.13. The number of aliphatic hydroxyl groups is 1. The second-order valence-electron chi connectivity index (χ2n) is 5.10. The lowest BCUT2D eigenvalue weighted by Gasteiger charge is -2.37. The van der Waals surface area contributed by atoms with Crippen LogP contribution in [0.2, 0.25) is 0 Å². The number of methoxy groups -OCH3 is 1. The zero-order valence-electron chi connectivity index (χ0n) is 12.1. The van der Waals surface area contributed by atoms with Crippen LogP contribution in [-0.2, 0) is 20.7 Å². The van der Waals surface area contributed by atoms with Crippen LogP contribution in [0.1, 0.15) is 25.1 Å². The van der Waals surface area contributed by atoms with Gasteiger partial charge in [0.1, 0.15) is 0 Å². The fourth-order valence-corrected chi connectivity index (χ4v) is 2.51. The molecule has 0 aliphatic rings. The first kappa shape index (κ1) is 16.7. The number of rotatable bonds is 7. The van der Waals surface area contributed by atoms with Crippen LogP contribution in [0.15, 0.2) is 17.5 Å². The van der Waals surface area contributed by atoms with E-state index >= 15 is 0 Å². The van der Waals surface area contributed by atoms with Gasteiger partial charge in [-0.3, -0.25) is 9.59 Å². The summed E-state index contributed by atoms with van der Waals surface area (Å²) in [6, 6.07) is 3.79. The Morgan fingerprint density at radius 1 is 1.45 bits per heavy atom. The molecule has 1 amide bonds. The van der Waals surface area contributed by atoms with E-state index in [9.17, 15) is 14.7 Å². The Bertz CT molecular complexity index is 442. The molecule has 0 unspecified atom stereocenters. The number of amides is 1. The third-order valence-electron chi connectivity index (χ3n) is 3.09. The van der Waals surface area contributed by atoms with Gasteiger partial charge in [-0.1, -0.05) is 6.07 Å². The average molecular weight is 299 g/mol. The molecule has 0 aliphatic heterocycles. The molecule has 6 heteroatoms. The molecular formula is C14H21NO4S. The number of hydrogen-bond acceptors (Lipinski definition) is 5. The summed E-state index contributed by atoms with van der Waals surface area (Å²) in [5.41, 5.74) is -0.706. The van der Waals surface area contributed by atoms with Crippen molar-refractivity contribution in [3.63, 3.8) is 0 Å². The number of aliphatic hydroxyl groups excluding tert-OH is 1. The van der Waals surface area contributed by atoms with Gasteiger partial charge in [-0.05, 0) is 25.3 Å². The first-order valence-corrected chi connectivity index (χ1v) is 7.29. The molecular weight excluding hydrogens is 278 g/mol. The van der Waals surface area contributed by atoms with Crippen LogP contribution in [0.3, 0.4) is 0 Å². The zero-order valence-corrected chi connectivity index (χ0v) is 12.9. The van der Waals surface area contributed by atoms with Gasteiger partial charge in [0.25, 0.3) is 0 Å². The van der Waals surface area contributed by atoms with Crippen LogP contribution in [0.5, 0.6) is 0 Å². The predicted molar refractivity (Wildman–Crippen MR) is 77.5 cm³/mol. The molecule has 1 rings (SSSR count). The normalized spacial score (nSPS) is 11.2. The third kappa shape index (κ3) is 4.61. The van der Waals surface area contributed by atoms with E-state index in [1.165, 1.54) is 18.4 Å². The molecule has 5 nitrogen and oxygen atoms in total. The SMILES string of the molecule is COC(=O)CCN(C(=O)Cc1cccs1)C(C)(C)CO. The van der Waals surface area contributed by atoms with Crippen molar-refractivity contribution in [3.05, 3.63) is 22.4 Å². The minimum atomic E-state index is -0.706. The molecule has 0 atom stereocenters. The maximum absolute atomic E-state index is 12.4. The summed E-state index contributed by atoms with van der Waals surface area (Å²) < 4.78 is 4.60. The number of esters is 1. The zero-order chi connectivity index (χ0) is 15.2. The van der Waals surface area contributed by atoms with Gasteiger partial charge in [0.05, 0.1) is 32.1 Å². The smallest absolute Gasteiger partial charge is 0.307 e. The number of carbonyl (C=O) groups excluding carboxylic acids is 2. The summed E-state index contributed by atoms with van der Waals surface area (Å²) >= 11 is 1.51. The molecule has 0 bridgehead atoms. The Balaban J connectivity index is 2.75. The van der Waals surface area contributed by atoms with E-state index in [4.69, 9.17) is 0 Å². The third-order valence-corrected chi connectivity index (χ3v) is 3.97. The van der Waals surface area contributed by atoms with E-state index in [0.717, 1.165) is 4.88 Å². The van der Waals surface area contributed by atoms with Crippen molar-refractivity contribution < 1.29 is 19.4 Å². The molecule has 0 radical (unpaired) electrons. The number of carbonyl (C=O) groups is 2. The number of ether oxygens (including phenoxy) is 1. The summed E-state index contributed by atoms with van der Waals surface area (Å²) in [5.74, 6) is -0.469. The lowest BCUT2D eigenvalue weighted by atomic mass is 10.0. The minimum absolute atomic E-state index is 0.101. The van der Waals surface area contributed by atoms with Crippen LogP contribution in [-0.4, -0.2) is 47.7 Å². The largest absolute Gasteiger partial charge is 0.469 e. The summed E-state index contributed by atoms with van der Waals surface area (Å²) in [6.45, 7) is 3.63. The van der Waals surface area contributed by atoms with Gasteiger partial charge in [-0.15, -0.1) is 11.3 Å². The molecule has 20 heavy (non-hydrogen) atoms. The molecule has 0 fully saturated rings. The Labute approximate surface area is 123 Å². The first-order valence-electron chi connectivity index (χ1n) is 6.41. The number of nitrogens with zero attached hydrogens (tertiary/aromatic N) is 1. The molecule has 1 heterocycles. The average Bonchev–Trinajstić information content (AvgIpc) is 2.91. The van der Waals surface area contributed by atoms with Crippen molar-refractivity contribution in [1.82, 2.24) is 4.90 Å². The lowest BCUT2D eigenvalue weighted by Crippen LogP contribution is -2.51. The fraction of sp³-hybridized carbons (Fsp3) is 0.571. The first-order chi connectivity index (χ1) is 9.40. The van der Waals surface area contributed by atoms with Crippen molar-refractivity contribution in [2.45, 2.75) is 32.2 Å². The highest BCUT2D eigenvalue weighted by molar-refractivity contribution is 7.10. The van der Waals surface area contributed by atoms with Crippen LogP contribution in [0.4, 0.5) is 0 Å². The van der Waals surface area contributed by atoms with E-state index in [1.807, 2.05) is 17.5 Å². The number of thiophene rings is 1. The summed E-state index contributed by atoms with van der Waals surface area (Å²) in [5, 5.41) is 11.4. The Morgan fingerprint density at radius 3 is 2.65 bits per heavy atom. The molecule has 1 aromatic heterocycles. The van der Waals surface area contributed by atoms with Crippen LogP contribution < -0.4 is 0 Å². The van der Waals surface area contributed by atoms with Crippen LogP contribution in [0, 0.1) is 0 Å². The highest BCUT2D eigenvalue weighted by atomic mass is 32.1. The van der Waals surface area contributed by atoms with Crippen molar-refractivity contribution in [2.75, 3.05) is 20.3 Å². The second kappa shape index (κ2) is 7.40. The Kier molecular flexibility index (Phi) is 6.16. The van der Waals surface area contributed by atoms with E-state index in [-0.39, 0.29) is 37.9 Å². The van der Waals surface area contributed by atoms with E-state index < -0.39 is 5.54 Å². The lowest BCUT2D eigenvalue weighted by molar-refractivity contribution is -0.143. The van der Waals surface area contributed by atoms with Crippen LogP contribution in [0.25, 0.3) is 0 Å². The molecule has 112 valence electrons. The molecule has 0 spiro atoms. The quantitative estimate of drug-likeness (QED) is 0.774. The molecule has 0 saturated carbocycles. The molecule has 0 aromatic carbocycles. The van der Waals surface area contributed by atoms with Crippen molar-refractivity contribution in [3.8, 4) is 0 Å². The minimum Gasteiger partial charge on any atom is -0.469 e. The monoisotopic (exact) mass is 299 g/mol. The van der Waals surface area contributed by atoms with Gasteiger partial charge in [0, 0.05) is 11.4 Å². The molecule has 0 saturated heterocycles. The maximum atomic E-state index is 12.4. The van der Waals surface area contributed by atoms with E-state index in [0.29, 0.717) is 0 Å². The van der Waals surface area contributed by atoms with Crippen molar-refractivity contribution in [1.29, 1.82) is 0 Å². The fourth-order valence-electron chi connectivity index (χ4n) is 1.81. The number of hydrogen-bond donors (Lipinski definition) is 1. The van der Waals surface area contributed by atoms with Crippen molar-refractivity contribution in [2.24, 2.45) is 0 Å². The van der Waals surface area contributed by atoms with Gasteiger partial charge >= 0.3 is 5.97 Å². The highest BCUT2D eigenvalue weighted by Gasteiger charge is 2.30. The Morgan fingerprint density at radius 2 is 2.15 bits per heavy atom. The molecule has 0 aliphatic carbocycles.